The van der Waals surface area contributed by atoms with Crippen molar-refractivity contribution in [2.45, 2.75) is 19.9 Å². The van der Waals surface area contributed by atoms with Crippen molar-refractivity contribution in [1.29, 1.82) is 0 Å². The van der Waals surface area contributed by atoms with E-state index in [9.17, 15) is 4.79 Å². The Morgan fingerprint density at radius 3 is 2.72 bits per heavy atom. The van der Waals surface area contributed by atoms with Crippen LogP contribution < -0.4 is 5.32 Å². The van der Waals surface area contributed by atoms with Gasteiger partial charge in [0, 0.05) is 6.42 Å². The zero-order chi connectivity index (χ0) is 12.8. The molecule has 1 heterocycles. The lowest BCUT2D eigenvalue weighted by molar-refractivity contribution is -0.116. The number of benzene rings is 1. The number of ketones is 1. The van der Waals surface area contributed by atoms with Crippen molar-refractivity contribution >= 4 is 5.78 Å². The van der Waals surface area contributed by atoms with Crippen LogP contribution in [0.2, 0.25) is 0 Å². The quantitative estimate of drug-likeness (QED) is 0.847. The molecule has 1 N–H and O–H groups in total. The average molecular weight is 243 g/mol. The number of carbonyl (C=O) groups is 1. The second-order valence-electron chi connectivity index (χ2n) is 4.34. The summed E-state index contributed by atoms with van der Waals surface area (Å²) in [4.78, 5) is 10.9. The first kappa shape index (κ1) is 12.6. The molecule has 0 amide bonds. The van der Waals surface area contributed by atoms with Crippen LogP contribution in [0.15, 0.2) is 47.1 Å². The van der Waals surface area contributed by atoms with Crippen molar-refractivity contribution in [3.8, 4) is 0 Å². The molecule has 0 saturated heterocycles. The summed E-state index contributed by atoms with van der Waals surface area (Å²) < 4.78 is 5.44. The number of carbonyl (C=O) groups excluding carboxylic acids is 1. The molecule has 2 rings (SSSR count). The van der Waals surface area contributed by atoms with Gasteiger partial charge in [-0.25, -0.2) is 0 Å². The van der Waals surface area contributed by atoms with Gasteiger partial charge in [-0.3, -0.25) is 4.79 Å². The van der Waals surface area contributed by atoms with Crippen LogP contribution >= 0.6 is 0 Å². The first-order chi connectivity index (χ1) is 8.75. The number of Topliss-reactive ketones (excluding diaryl/α,β-unsaturated/α-hetero) is 1. The topological polar surface area (TPSA) is 42.2 Å². The van der Waals surface area contributed by atoms with E-state index in [4.69, 9.17) is 4.42 Å². The first-order valence-corrected chi connectivity index (χ1v) is 6.05. The summed E-state index contributed by atoms with van der Waals surface area (Å²) in [5.41, 5.74) is 2.42. The summed E-state index contributed by atoms with van der Waals surface area (Å²) in [7, 11) is 0. The van der Waals surface area contributed by atoms with E-state index < -0.39 is 0 Å². The van der Waals surface area contributed by atoms with Crippen molar-refractivity contribution in [3.63, 3.8) is 0 Å². The van der Waals surface area contributed by atoms with Crippen molar-refractivity contribution in [3.05, 3.63) is 59.5 Å². The maximum atomic E-state index is 10.9. The maximum Gasteiger partial charge on any atom is 0.143 e. The van der Waals surface area contributed by atoms with E-state index in [-0.39, 0.29) is 5.78 Å². The molecule has 0 unspecified atom stereocenters. The van der Waals surface area contributed by atoms with Crippen LogP contribution in [0, 0.1) is 0 Å². The van der Waals surface area contributed by atoms with E-state index >= 15 is 0 Å². The highest BCUT2D eigenvalue weighted by molar-refractivity contribution is 5.77. The van der Waals surface area contributed by atoms with E-state index in [1.807, 2.05) is 24.3 Å². The molecule has 0 fully saturated rings. The number of hydrogen-bond donors (Lipinski definition) is 1. The van der Waals surface area contributed by atoms with E-state index in [1.54, 1.807) is 13.2 Å². The second kappa shape index (κ2) is 6.17. The Morgan fingerprint density at radius 1 is 1.22 bits per heavy atom. The summed E-state index contributed by atoms with van der Waals surface area (Å²) in [6, 6.07) is 12.2. The smallest absolute Gasteiger partial charge is 0.143 e. The lowest BCUT2D eigenvalue weighted by Crippen LogP contribution is -2.20. The Labute approximate surface area is 107 Å². The molecule has 0 radical (unpaired) electrons. The van der Waals surface area contributed by atoms with Crippen LogP contribution in [0.25, 0.3) is 0 Å². The molecule has 0 spiro atoms. The van der Waals surface area contributed by atoms with Gasteiger partial charge in [0.2, 0.25) is 0 Å². The fraction of sp³-hybridized carbons (Fsp3) is 0.267. The summed E-state index contributed by atoms with van der Waals surface area (Å²) >= 11 is 0. The van der Waals surface area contributed by atoms with E-state index in [1.165, 1.54) is 5.56 Å². The molecule has 0 bridgehead atoms. The van der Waals surface area contributed by atoms with Gasteiger partial charge in [-0.15, -0.1) is 0 Å². The minimum atomic E-state index is 0.131. The van der Waals surface area contributed by atoms with Crippen molar-refractivity contribution in [2.24, 2.45) is 0 Å². The molecule has 0 atom stereocenters. The average Bonchev–Trinajstić information content (AvgIpc) is 2.78. The fourth-order valence-electron chi connectivity index (χ4n) is 1.85. The van der Waals surface area contributed by atoms with Crippen LogP contribution in [-0.2, 0) is 17.8 Å². The Hall–Kier alpha value is -1.87. The molecule has 0 saturated carbocycles. The van der Waals surface area contributed by atoms with Gasteiger partial charge < -0.3 is 9.73 Å². The Kier molecular flexibility index (Phi) is 4.31. The molecule has 1 aromatic heterocycles. The van der Waals surface area contributed by atoms with E-state index in [0.29, 0.717) is 13.1 Å². The molecular weight excluding hydrogens is 226 g/mol. The molecule has 0 aliphatic heterocycles. The number of rotatable bonds is 6. The van der Waals surface area contributed by atoms with Crippen molar-refractivity contribution in [1.82, 2.24) is 5.32 Å². The first-order valence-electron chi connectivity index (χ1n) is 6.05. The third-order valence-corrected chi connectivity index (χ3v) is 2.73. The molecule has 2 aromatic rings. The molecule has 18 heavy (non-hydrogen) atoms. The highest BCUT2D eigenvalue weighted by atomic mass is 16.3. The maximum absolute atomic E-state index is 10.9. The van der Waals surface area contributed by atoms with Gasteiger partial charge in [0.05, 0.1) is 19.4 Å². The van der Waals surface area contributed by atoms with Gasteiger partial charge in [-0.1, -0.05) is 30.3 Å². The summed E-state index contributed by atoms with van der Waals surface area (Å²) in [6.45, 7) is 2.54. The standard InChI is InChI=1S/C15H17NO2/c1-12(17)10-16-11-15-14(7-8-18-15)9-13-5-3-2-4-6-13/h2-8,16H,9-11H2,1H3. The van der Waals surface area contributed by atoms with Crippen LogP contribution in [0.4, 0.5) is 0 Å². The van der Waals surface area contributed by atoms with Crippen LogP contribution in [0.1, 0.15) is 23.8 Å². The van der Waals surface area contributed by atoms with Gasteiger partial charge in [0.1, 0.15) is 11.5 Å². The van der Waals surface area contributed by atoms with Gasteiger partial charge in [-0.2, -0.15) is 0 Å². The van der Waals surface area contributed by atoms with Gasteiger partial charge in [0.25, 0.3) is 0 Å². The summed E-state index contributed by atoms with van der Waals surface area (Å²) in [5.74, 6) is 1.03. The second-order valence-corrected chi connectivity index (χ2v) is 4.34. The molecule has 3 nitrogen and oxygen atoms in total. The Morgan fingerprint density at radius 2 is 2.00 bits per heavy atom. The van der Waals surface area contributed by atoms with Gasteiger partial charge in [-0.05, 0) is 24.1 Å². The lowest BCUT2D eigenvalue weighted by Gasteiger charge is -2.04. The third kappa shape index (κ3) is 3.57. The van der Waals surface area contributed by atoms with Gasteiger partial charge in [0.15, 0.2) is 0 Å². The van der Waals surface area contributed by atoms with Crippen molar-refractivity contribution < 1.29 is 9.21 Å². The molecule has 0 aliphatic carbocycles. The monoisotopic (exact) mass is 243 g/mol. The predicted octanol–water partition coefficient (Wildman–Crippen LogP) is 2.55. The third-order valence-electron chi connectivity index (χ3n) is 2.73. The summed E-state index contributed by atoms with van der Waals surface area (Å²) in [5, 5.41) is 3.07. The predicted molar refractivity (Wildman–Crippen MR) is 70.3 cm³/mol. The SMILES string of the molecule is CC(=O)CNCc1occc1Cc1ccccc1. The van der Waals surface area contributed by atoms with Crippen LogP contribution in [-0.4, -0.2) is 12.3 Å². The molecule has 3 heteroatoms. The zero-order valence-corrected chi connectivity index (χ0v) is 10.5. The number of nitrogens with one attached hydrogen (secondary N) is 1. The lowest BCUT2D eigenvalue weighted by atomic mass is 10.1. The largest absolute Gasteiger partial charge is 0.468 e. The van der Waals surface area contributed by atoms with Gasteiger partial charge >= 0.3 is 0 Å². The van der Waals surface area contributed by atoms with Crippen LogP contribution in [0.5, 0.6) is 0 Å². The highest BCUT2D eigenvalue weighted by Gasteiger charge is 2.07. The number of hydrogen-bond acceptors (Lipinski definition) is 3. The van der Waals surface area contributed by atoms with Crippen LogP contribution in [0.3, 0.4) is 0 Å². The van der Waals surface area contributed by atoms with E-state index in [0.717, 1.165) is 17.7 Å². The molecule has 94 valence electrons. The molecule has 1 aromatic carbocycles. The molecule has 0 aliphatic rings. The Bertz CT molecular complexity index is 502. The van der Waals surface area contributed by atoms with Crippen molar-refractivity contribution in [2.75, 3.05) is 6.54 Å². The normalized spacial score (nSPS) is 10.5. The number of furan rings is 1. The van der Waals surface area contributed by atoms with E-state index in [2.05, 4.69) is 17.4 Å². The molecular formula is C15H17NO2. The fourth-order valence-corrected chi connectivity index (χ4v) is 1.85. The minimum Gasteiger partial charge on any atom is -0.468 e. The Balaban J connectivity index is 1.97. The zero-order valence-electron chi connectivity index (χ0n) is 10.5. The minimum absolute atomic E-state index is 0.131. The highest BCUT2D eigenvalue weighted by Crippen LogP contribution is 2.15. The summed E-state index contributed by atoms with van der Waals surface area (Å²) in [6.07, 6.45) is 2.55.